The lowest BCUT2D eigenvalue weighted by Gasteiger charge is -2.31. The first kappa shape index (κ1) is 24.7. The van der Waals surface area contributed by atoms with Gasteiger partial charge >= 0.3 is 5.97 Å². The average molecular weight is 521 g/mol. The number of fused-ring (bicyclic) bond motifs is 5. The number of nitrogens with one attached hydrogen (secondary N) is 1. The van der Waals surface area contributed by atoms with Crippen molar-refractivity contribution in [2.24, 2.45) is 5.73 Å². The Morgan fingerprint density at radius 3 is 2.82 bits per heavy atom. The van der Waals surface area contributed by atoms with Crippen molar-refractivity contribution in [1.29, 1.82) is 0 Å². The summed E-state index contributed by atoms with van der Waals surface area (Å²) in [5.74, 6) is -1.34. The highest BCUT2D eigenvalue weighted by Crippen LogP contribution is 2.45. The number of amides is 1. The Morgan fingerprint density at radius 1 is 1.34 bits per heavy atom. The number of carbonyl (C=O) groups excluding carboxylic acids is 2. The van der Waals surface area contributed by atoms with E-state index in [1.807, 2.05) is 0 Å². The van der Waals surface area contributed by atoms with Crippen LogP contribution in [0.1, 0.15) is 72.5 Å². The topological polar surface area (TPSA) is 137 Å². The first-order valence-corrected chi connectivity index (χ1v) is 12.9. The van der Waals surface area contributed by atoms with Crippen LogP contribution in [-0.2, 0) is 39.5 Å². The van der Waals surface area contributed by atoms with Crippen LogP contribution in [0.5, 0.6) is 0 Å². The van der Waals surface area contributed by atoms with Crippen LogP contribution in [0.4, 0.5) is 4.39 Å². The van der Waals surface area contributed by atoms with Crippen LogP contribution in [0.3, 0.4) is 0 Å². The molecule has 3 aromatic rings. The van der Waals surface area contributed by atoms with Crippen molar-refractivity contribution < 1.29 is 23.8 Å². The average Bonchev–Trinajstić information content (AvgIpc) is 3.24. The van der Waals surface area contributed by atoms with E-state index in [0.717, 1.165) is 22.1 Å². The maximum atomic E-state index is 15.0. The summed E-state index contributed by atoms with van der Waals surface area (Å²) in [6, 6.07) is 2.36. The number of aliphatic hydroxyl groups is 1. The van der Waals surface area contributed by atoms with Crippen LogP contribution in [0.2, 0.25) is 0 Å². The molecule has 9 nitrogen and oxygen atoms in total. The zero-order valence-corrected chi connectivity index (χ0v) is 21.5. The molecule has 6 rings (SSSR count). The molecular weight excluding hydrogens is 491 g/mol. The molecule has 0 fully saturated rings. The van der Waals surface area contributed by atoms with E-state index in [4.69, 9.17) is 15.5 Å². The number of aryl methyl sites for hydroxylation is 1. The minimum absolute atomic E-state index is 0.0342. The summed E-state index contributed by atoms with van der Waals surface area (Å²) in [7, 11) is 0. The van der Waals surface area contributed by atoms with Crippen molar-refractivity contribution in [2.45, 2.75) is 77.3 Å². The van der Waals surface area contributed by atoms with Gasteiger partial charge in [-0.3, -0.25) is 9.59 Å². The highest BCUT2D eigenvalue weighted by Gasteiger charge is 2.46. The molecule has 0 bridgehead atoms. The van der Waals surface area contributed by atoms with E-state index in [2.05, 4.69) is 5.32 Å². The first-order valence-electron chi connectivity index (χ1n) is 12.9. The number of nitrogens with zero attached hydrogens (tertiary/aromatic N) is 2. The molecule has 1 amide bonds. The largest absolute Gasteiger partial charge is 0.458 e. The van der Waals surface area contributed by atoms with E-state index in [1.165, 1.54) is 6.07 Å². The minimum atomic E-state index is -1.94. The molecule has 0 radical (unpaired) electrons. The Morgan fingerprint density at radius 2 is 2.11 bits per heavy atom. The van der Waals surface area contributed by atoms with Gasteiger partial charge in [0.2, 0.25) is 5.91 Å². The molecule has 4 N–H and O–H groups in total. The van der Waals surface area contributed by atoms with Gasteiger partial charge in [0.05, 0.1) is 35.1 Å². The number of hydrogen-bond donors (Lipinski definition) is 3. The number of esters is 1. The number of pyridine rings is 2. The molecule has 1 unspecified atom stereocenters. The quantitative estimate of drug-likeness (QED) is 0.352. The number of benzene rings is 1. The second kappa shape index (κ2) is 8.44. The van der Waals surface area contributed by atoms with Crippen molar-refractivity contribution in [1.82, 2.24) is 14.9 Å². The third-order valence-corrected chi connectivity index (χ3v) is 8.22. The second-order valence-electron chi connectivity index (χ2n) is 10.7. The van der Waals surface area contributed by atoms with E-state index in [9.17, 15) is 23.9 Å². The number of aromatic nitrogens is 2. The van der Waals surface area contributed by atoms with Crippen molar-refractivity contribution in [3.8, 4) is 11.4 Å². The van der Waals surface area contributed by atoms with E-state index < -0.39 is 11.6 Å². The maximum absolute atomic E-state index is 15.0. The van der Waals surface area contributed by atoms with Gasteiger partial charge in [-0.25, -0.2) is 14.2 Å². The fourth-order valence-electron chi connectivity index (χ4n) is 6.24. The lowest BCUT2D eigenvalue weighted by atomic mass is 9.81. The van der Waals surface area contributed by atoms with Crippen LogP contribution in [0.25, 0.3) is 22.3 Å². The highest BCUT2D eigenvalue weighted by atomic mass is 19.1. The number of nitrogens with two attached hydrogens (primary N) is 1. The Labute approximate surface area is 217 Å². The molecule has 38 heavy (non-hydrogen) atoms. The van der Waals surface area contributed by atoms with E-state index in [0.29, 0.717) is 35.3 Å². The molecular formula is C28H29FN4O5. The van der Waals surface area contributed by atoms with Gasteiger partial charge in [-0.1, -0.05) is 6.92 Å². The standard InChI is InChI=1S/C28H29FN4O5/c1-4-28(37)17-8-21-25-15(10-33(21)26(35)16(17)11-38-27(28)36)24-19(31-22(34)7-12(2)30)6-5-14-13(3)18(29)9-20(32-25)23(14)24/h8-9,12,19,37H,4-7,10-11,30H2,1-3H3,(H,31,34)/t12?,19-,28-/m0/s1. The third kappa shape index (κ3) is 3.36. The van der Waals surface area contributed by atoms with Gasteiger partial charge in [0.25, 0.3) is 5.56 Å². The van der Waals surface area contributed by atoms with Crippen LogP contribution in [0.15, 0.2) is 16.9 Å². The molecule has 0 saturated heterocycles. The van der Waals surface area contributed by atoms with Gasteiger partial charge in [-0.05, 0) is 55.9 Å². The zero-order chi connectivity index (χ0) is 27.1. The summed E-state index contributed by atoms with van der Waals surface area (Å²) in [5, 5.41) is 15.1. The molecule has 198 valence electrons. The van der Waals surface area contributed by atoms with E-state index in [-0.39, 0.29) is 66.5 Å². The smallest absolute Gasteiger partial charge is 0.343 e. The summed E-state index contributed by atoms with van der Waals surface area (Å²) in [6.07, 6.45) is 1.33. The third-order valence-electron chi connectivity index (χ3n) is 8.22. The number of cyclic esters (lactones) is 1. The number of halogens is 1. The van der Waals surface area contributed by atoms with Gasteiger partial charge in [-0.2, -0.15) is 0 Å². The number of carbonyl (C=O) groups is 2. The molecule has 2 aliphatic heterocycles. The Bertz CT molecular complexity index is 1630. The molecule has 4 heterocycles. The Balaban J connectivity index is 1.61. The lowest BCUT2D eigenvalue weighted by Crippen LogP contribution is -2.44. The van der Waals surface area contributed by atoms with Crippen molar-refractivity contribution in [2.75, 3.05) is 0 Å². The number of ether oxygens (including phenoxy) is 1. The molecule has 3 atom stereocenters. The van der Waals surface area contributed by atoms with E-state index >= 15 is 0 Å². The molecule has 2 aromatic heterocycles. The van der Waals surface area contributed by atoms with Gasteiger partial charge < -0.3 is 25.5 Å². The SMILES string of the molecule is CC[C@@]1(O)C(=O)OCc2c1cc1n(c2=O)Cc2c-1nc1cc(F)c(C)c3c1c2[C@@H](NC(=O)CC(C)N)CC3. The predicted octanol–water partition coefficient (Wildman–Crippen LogP) is 2.37. The van der Waals surface area contributed by atoms with Gasteiger partial charge in [-0.15, -0.1) is 0 Å². The molecule has 1 aromatic carbocycles. The summed E-state index contributed by atoms with van der Waals surface area (Å²) in [6.45, 7) is 5.13. The molecule has 10 heteroatoms. The number of hydrogen-bond acceptors (Lipinski definition) is 7. The van der Waals surface area contributed by atoms with Crippen molar-refractivity contribution in [3.63, 3.8) is 0 Å². The second-order valence-corrected chi connectivity index (χ2v) is 10.7. The zero-order valence-electron chi connectivity index (χ0n) is 21.5. The summed E-state index contributed by atoms with van der Waals surface area (Å²) in [5.41, 5.74) is 8.33. The predicted molar refractivity (Wildman–Crippen MR) is 137 cm³/mol. The van der Waals surface area contributed by atoms with Crippen molar-refractivity contribution in [3.05, 3.63) is 61.7 Å². The van der Waals surface area contributed by atoms with Gasteiger partial charge in [0.1, 0.15) is 12.4 Å². The van der Waals surface area contributed by atoms with Crippen molar-refractivity contribution >= 4 is 22.8 Å². The summed E-state index contributed by atoms with van der Waals surface area (Å²) in [4.78, 5) is 43.7. The number of rotatable bonds is 4. The Hall–Kier alpha value is -3.63. The van der Waals surface area contributed by atoms with Gasteiger partial charge in [0.15, 0.2) is 5.60 Å². The van der Waals surface area contributed by atoms with Gasteiger partial charge in [0, 0.05) is 35.0 Å². The van der Waals surface area contributed by atoms with Crippen LogP contribution < -0.4 is 16.6 Å². The monoisotopic (exact) mass is 520 g/mol. The minimum Gasteiger partial charge on any atom is -0.458 e. The normalized spacial score (nSPS) is 21.9. The molecule has 3 aliphatic rings. The fraction of sp³-hybridized carbons (Fsp3) is 0.429. The van der Waals surface area contributed by atoms with Crippen LogP contribution >= 0.6 is 0 Å². The summed E-state index contributed by atoms with van der Waals surface area (Å²) < 4.78 is 21.7. The van der Waals surface area contributed by atoms with Crippen LogP contribution in [-0.4, -0.2) is 32.6 Å². The molecule has 0 saturated carbocycles. The maximum Gasteiger partial charge on any atom is 0.343 e. The lowest BCUT2D eigenvalue weighted by molar-refractivity contribution is -0.172. The Kier molecular flexibility index (Phi) is 5.48. The molecule has 1 aliphatic carbocycles. The molecule has 0 spiro atoms. The van der Waals surface area contributed by atoms with Crippen LogP contribution in [0, 0.1) is 12.7 Å². The highest BCUT2D eigenvalue weighted by molar-refractivity contribution is 5.94. The fourth-order valence-corrected chi connectivity index (χ4v) is 6.24. The first-order chi connectivity index (χ1) is 18.0. The van der Waals surface area contributed by atoms with E-state index in [1.54, 1.807) is 31.4 Å². The summed E-state index contributed by atoms with van der Waals surface area (Å²) >= 11 is 0.